The number of nitrogens with zero attached hydrogens (tertiary/aromatic N) is 1. The molecule has 3 heterocycles. The number of fused-ring (bicyclic) bond motifs is 1. The average molecular weight is 342 g/mol. The van der Waals surface area contributed by atoms with Crippen LogP contribution in [0.15, 0.2) is 28.4 Å². The zero-order chi connectivity index (χ0) is 16.7. The van der Waals surface area contributed by atoms with Gasteiger partial charge >= 0.3 is 0 Å². The Morgan fingerprint density at radius 2 is 2.00 bits per heavy atom. The van der Waals surface area contributed by atoms with E-state index in [9.17, 15) is 14.4 Å². The third-order valence-electron chi connectivity index (χ3n) is 4.87. The number of amides is 1. The molecule has 6 heteroatoms. The predicted octanol–water partition coefficient (Wildman–Crippen LogP) is 2.59. The number of carbonyl (C=O) groups excluding carboxylic acids is 2. The van der Waals surface area contributed by atoms with Gasteiger partial charge in [0.25, 0.3) is 11.5 Å². The second-order valence-electron chi connectivity index (χ2n) is 6.45. The lowest BCUT2D eigenvalue weighted by Crippen LogP contribution is -2.34. The van der Waals surface area contributed by atoms with Crippen LogP contribution < -0.4 is 5.56 Å². The first-order valence-corrected chi connectivity index (χ1v) is 9.13. The number of ketones is 1. The van der Waals surface area contributed by atoms with Gasteiger partial charge in [-0.3, -0.25) is 14.4 Å². The number of H-pyrrole nitrogens is 1. The van der Waals surface area contributed by atoms with Crippen molar-refractivity contribution in [1.82, 2.24) is 9.88 Å². The molecule has 1 aliphatic heterocycles. The fourth-order valence-electron chi connectivity index (χ4n) is 3.60. The molecule has 0 unspecified atom stereocenters. The molecule has 0 radical (unpaired) electrons. The van der Waals surface area contributed by atoms with Crippen molar-refractivity contribution in [3.63, 3.8) is 0 Å². The van der Waals surface area contributed by atoms with Gasteiger partial charge in [-0.25, -0.2) is 0 Å². The first kappa shape index (κ1) is 15.3. The molecule has 0 bridgehead atoms. The van der Waals surface area contributed by atoms with E-state index in [1.54, 1.807) is 16.2 Å². The molecule has 1 saturated heterocycles. The number of pyridine rings is 1. The number of aromatic nitrogens is 1. The van der Waals surface area contributed by atoms with E-state index < -0.39 is 0 Å². The molecule has 2 aliphatic rings. The predicted molar refractivity (Wildman–Crippen MR) is 91.9 cm³/mol. The van der Waals surface area contributed by atoms with Crippen LogP contribution in [0, 0.1) is 0 Å². The number of carbonyl (C=O) groups is 2. The van der Waals surface area contributed by atoms with Crippen molar-refractivity contribution >= 4 is 23.0 Å². The summed E-state index contributed by atoms with van der Waals surface area (Å²) in [6.45, 7) is 1.37. The lowest BCUT2D eigenvalue weighted by molar-refractivity contribution is 0.0791. The first-order valence-electron chi connectivity index (χ1n) is 8.25. The maximum atomic E-state index is 12.6. The average Bonchev–Trinajstić information content (AvgIpc) is 3.27. The van der Waals surface area contributed by atoms with Gasteiger partial charge in [0.15, 0.2) is 5.78 Å². The molecule has 4 rings (SSSR count). The zero-order valence-electron chi connectivity index (χ0n) is 13.2. The van der Waals surface area contributed by atoms with Crippen molar-refractivity contribution < 1.29 is 9.59 Å². The number of hydrogen-bond donors (Lipinski definition) is 1. The molecule has 0 saturated carbocycles. The Morgan fingerprint density at radius 1 is 1.21 bits per heavy atom. The van der Waals surface area contributed by atoms with Crippen molar-refractivity contribution in [2.45, 2.75) is 31.6 Å². The molecule has 1 N–H and O–H groups in total. The van der Waals surface area contributed by atoms with Gasteiger partial charge < -0.3 is 9.88 Å². The fraction of sp³-hybridized carbons (Fsp3) is 0.389. The lowest BCUT2D eigenvalue weighted by Gasteiger charge is -2.23. The van der Waals surface area contributed by atoms with Crippen LogP contribution in [-0.4, -0.2) is 34.7 Å². The molecule has 24 heavy (non-hydrogen) atoms. The molecule has 124 valence electrons. The minimum absolute atomic E-state index is 0.00127. The van der Waals surface area contributed by atoms with E-state index in [0.717, 1.165) is 17.7 Å². The van der Waals surface area contributed by atoms with Crippen LogP contribution in [-0.2, 0) is 6.42 Å². The van der Waals surface area contributed by atoms with Crippen molar-refractivity contribution in [1.29, 1.82) is 0 Å². The normalized spacial score (nSPS) is 20.2. The fourth-order valence-corrected chi connectivity index (χ4v) is 4.44. The highest BCUT2D eigenvalue weighted by molar-refractivity contribution is 7.10. The summed E-state index contributed by atoms with van der Waals surface area (Å²) >= 11 is 1.63. The van der Waals surface area contributed by atoms with Crippen LogP contribution in [0.25, 0.3) is 0 Å². The highest BCUT2D eigenvalue weighted by Crippen LogP contribution is 2.33. The SMILES string of the molecule is O=C1C[C@H](c2cccs2)Cc2[nH]c(=O)c(C(=O)N3CCCC3)cc21. The van der Waals surface area contributed by atoms with Gasteiger partial charge in [0.05, 0.1) is 0 Å². The van der Waals surface area contributed by atoms with E-state index in [-0.39, 0.29) is 28.7 Å². The molecule has 2 aromatic heterocycles. The topological polar surface area (TPSA) is 70.2 Å². The Balaban J connectivity index is 1.68. The first-order chi connectivity index (χ1) is 11.6. The zero-order valence-corrected chi connectivity index (χ0v) is 14.0. The maximum Gasteiger partial charge on any atom is 0.261 e. The molecule has 1 aliphatic carbocycles. The molecular weight excluding hydrogens is 324 g/mol. The molecular formula is C18H18N2O3S. The summed E-state index contributed by atoms with van der Waals surface area (Å²) < 4.78 is 0. The highest BCUT2D eigenvalue weighted by atomic mass is 32.1. The number of nitrogens with one attached hydrogen (secondary N) is 1. The molecule has 2 aromatic rings. The van der Waals surface area contributed by atoms with Crippen LogP contribution in [0.1, 0.15) is 56.5 Å². The Kier molecular flexibility index (Phi) is 3.84. The van der Waals surface area contributed by atoms with E-state index in [0.29, 0.717) is 37.2 Å². The van der Waals surface area contributed by atoms with Crippen molar-refractivity contribution in [3.8, 4) is 0 Å². The van der Waals surface area contributed by atoms with Gasteiger partial charge in [-0.1, -0.05) is 6.07 Å². The summed E-state index contributed by atoms with van der Waals surface area (Å²) in [5.74, 6) is -0.146. The Bertz CT molecular complexity index is 848. The van der Waals surface area contributed by atoms with Crippen LogP contribution in [0.2, 0.25) is 0 Å². The Labute approximate surface area is 143 Å². The molecule has 1 amide bonds. The standard InChI is InChI=1S/C18H18N2O3S/c21-15-9-11(16-4-3-7-24-16)8-14-12(15)10-13(17(22)19-14)18(23)20-5-1-2-6-20/h3-4,7,10-11H,1-2,5-6,8-9H2,(H,19,22)/t11-/m1/s1. The third-order valence-corrected chi connectivity index (χ3v) is 5.91. The molecule has 5 nitrogen and oxygen atoms in total. The summed E-state index contributed by atoms with van der Waals surface area (Å²) in [6, 6.07) is 5.51. The second kappa shape index (κ2) is 6.02. The number of aromatic amines is 1. The van der Waals surface area contributed by atoms with Gasteiger partial charge in [0.2, 0.25) is 0 Å². The van der Waals surface area contributed by atoms with Crippen LogP contribution in [0.5, 0.6) is 0 Å². The molecule has 0 aromatic carbocycles. The maximum absolute atomic E-state index is 12.6. The highest BCUT2D eigenvalue weighted by Gasteiger charge is 2.30. The van der Waals surface area contributed by atoms with Gasteiger partial charge in [-0.05, 0) is 36.8 Å². The molecule has 0 spiro atoms. The molecule has 1 atom stereocenters. The minimum Gasteiger partial charge on any atom is -0.338 e. The van der Waals surface area contributed by atoms with Gasteiger partial charge in [0.1, 0.15) is 5.56 Å². The summed E-state index contributed by atoms with van der Waals surface area (Å²) in [4.78, 5) is 43.1. The Morgan fingerprint density at radius 3 is 2.71 bits per heavy atom. The van der Waals surface area contributed by atoms with Crippen LogP contribution in [0.3, 0.4) is 0 Å². The van der Waals surface area contributed by atoms with Gasteiger partial charge in [0, 0.05) is 41.6 Å². The quantitative estimate of drug-likeness (QED) is 0.912. The van der Waals surface area contributed by atoms with E-state index in [1.807, 2.05) is 17.5 Å². The largest absolute Gasteiger partial charge is 0.338 e. The van der Waals surface area contributed by atoms with Gasteiger partial charge in [-0.15, -0.1) is 11.3 Å². The summed E-state index contributed by atoms with van der Waals surface area (Å²) in [7, 11) is 0. The summed E-state index contributed by atoms with van der Waals surface area (Å²) in [5.41, 5.74) is 0.876. The van der Waals surface area contributed by atoms with Crippen molar-refractivity contribution in [2.75, 3.05) is 13.1 Å². The Hall–Kier alpha value is -2.21. The van der Waals surface area contributed by atoms with Crippen LogP contribution in [0.4, 0.5) is 0 Å². The van der Waals surface area contributed by atoms with Crippen LogP contribution >= 0.6 is 11.3 Å². The molecule has 1 fully saturated rings. The monoisotopic (exact) mass is 342 g/mol. The van der Waals surface area contributed by atoms with Crippen molar-refractivity contribution in [3.05, 3.63) is 55.6 Å². The lowest BCUT2D eigenvalue weighted by atomic mass is 9.84. The number of rotatable bonds is 2. The number of thiophene rings is 1. The number of hydrogen-bond acceptors (Lipinski definition) is 4. The smallest absolute Gasteiger partial charge is 0.261 e. The van der Waals surface area contributed by atoms with E-state index in [4.69, 9.17) is 0 Å². The van der Waals surface area contributed by atoms with E-state index >= 15 is 0 Å². The third kappa shape index (κ3) is 2.60. The van der Waals surface area contributed by atoms with E-state index in [1.165, 1.54) is 6.07 Å². The number of Topliss-reactive ketones (excluding diaryl/α,β-unsaturated/α-hetero) is 1. The van der Waals surface area contributed by atoms with Crippen molar-refractivity contribution in [2.24, 2.45) is 0 Å². The van der Waals surface area contributed by atoms with E-state index in [2.05, 4.69) is 4.98 Å². The summed E-state index contributed by atoms with van der Waals surface area (Å²) in [5, 5.41) is 2.00. The van der Waals surface area contributed by atoms with Gasteiger partial charge in [-0.2, -0.15) is 0 Å². The summed E-state index contributed by atoms with van der Waals surface area (Å²) in [6.07, 6.45) is 3.00. The number of likely N-dealkylation sites (tertiary alicyclic amines) is 1. The minimum atomic E-state index is -0.384. The second-order valence-corrected chi connectivity index (χ2v) is 7.43.